The Labute approximate surface area is 112 Å². The molecule has 0 heterocycles. The fraction of sp³-hybridized carbons (Fsp3) is 0.929. The lowest BCUT2D eigenvalue weighted by atomic mass is 9.96. The maximum atomic E-state index is 11.9. The van der Waals surface area contributed by atoms with E-state index in [2.05, 4.69) is 6.92 Å². The standard InChI is InChI=1S/C14H30N2O2/c1-3-13(9-10-15)7-8-14(18)16(2)11-5-4-6-12-17/h13,17H,3-12,15H2,1-2H3. The predicted octanol–water partition coefficient (Wildman–Crippen LogP) is 1.76. The average Bonchev–Trinajstić information content (AvgIpc) is 2.38. The van der Waals surface area contributed by atoms with Crippen LogP contribution in [0.2, 0.25) is 0 Å². The highest BCUT2D eigenvalue weighted by Crippen LogP contribution is 2.15. The first-order valence-electron chi connectivity index (χ1n) is 7.20. The van der Waals surface area contributed by atoms with Gasteiger partial charge in [-0.2, -0.15) is 0 Å². The Morgan fingerprint density at radius 2 is 2.00 bits per heavy atom. The fourth-order valence-electron chi connectivity index (χ4n) is 2.07. The zero-order valence-electron chi connectivity index (χ0n) is 12.0. The van der Waals surface area contributed by atoms with Gasteiger partial charge in [-0.1, -0.05) is 13.3 Å². The second-order valence-corrected chi connectivity index (χ2v) is 4.99. The number of aliphatic hydroxyl groups excluding tert-OH is 1. The number of rotatable bonds is 11. The molecule has 3 N–H and O–H groups in total. The number of amides is 1. The summed E-state index contributed by atoms with van der Waals surface area (Å²) in [5.41, 5.74) is 5.55. The van der Waals surface area contributed by atoms with Crippen molar-refractivity contribution < 1.29 is 9.90 Å². The molecule has 1 atom stereocenters. The van der Waals surface area contributed by atoms with Crippen molar-refractivity contribution in [2.45, 2.75) is 51.9 Å². The lowest BCUT2D eigenvalue weighted by Crippen LogP contribution is -2.28. The van der Waals surface area contributed by atoms with Crippen molar-refractivity contribution in [3.05, 3.63) is 0 Å². The average molecular weight is 258 g/mol. The van der Waals surface area contributed by atoms with Gasteiger partial charge in [0.05, 0.1) is 0 Å². The largest absolute Gasteiger partial charge is 0.396 e. The molecule has 0 aliphatic rings. The molecule has 0 aliphatic heterocycles. The van der Waals surface area contributed by atoms with Crippen LogP contribution in [0, 0.1) is 5.92 Å². The Kier molecular flexibility index (Phi) is 11.1. The smallest absolute Gasteiger partial charge is 0.222 e. The Hall–Kier alpha value is -0.610. The summed E-state index contributed by atoms with van der Waals surface area (Å²) in [6, 6.07) is 0. The molecule has 0 spiro atoms. The van der Waals surface area contributed by atoms with Crippen LogP contribution >= 0.6 is 0 Å². The van der Waals surface area contributed by atoms with Crippen LogP contribution in [-0.2, 0) is 4.79 Å². The number of nitrogens with zero attached hydrogens (tertiary/aromatic N) is 1. The van der Waals surface area contributed by atoms with E-state index in [4.69, 9.17) is 10.8 Å². The van der Waals surface area contributed by atoms with Gasteiger partial charge in [0.2, 0.25) is 5.91 Å². The molecular formula is C14H30N2O2. The Morgan fingerprint density at radius 3 is 2.56 bits per heavy atom. The van der Waals surface area contributed by atoms with Crippen molar-refractivity contribution in [3.8, 4) is 0 Å². The minimum atomic E-state index is 0.231. The molecule has 18 heavy (non-hydrogen) atoms. The van der Waals surface area contributed by atoms with Crippen molar-refractivity contribution >= 4 is 5.91 Å². The minimum absolute atomic E-state index is 0.231. The lowest BCUT2D eigenvalue weighted by Gasteiger charge is -2.19. The summed E-state index contributed by atoms with van der Waals surface area (Å²) in [6.45, 7) is 3.91. The van der Waals surface area contributed by atoms with Gasteiger partial charge in [-0.15, -0.1) is 0 Å². The zero-order chi connectivity index (χ0) is 13.8. The third-order valence-electron chi connectivity index (χ3n) is 3.50. The van der Waals surface area contributed by atoms with Gasteiger partial charge in [-0.25, -0.2) is 0 Å². The van der Waals surface area contributed by atoms with Gasteiger partial charge in [0.25, 0.3) is 0 Å². The van der Waals surface area contributed by atoms with E-state index in [9.17, 15) is 4.79 Å². The molecule has 0 aromatic rings. The monoisotopic (exact) mass is 258 g/mol. The highest BCUT2D eigenvalue weighted by Gasteiger charge is 2.12. The first-order chi connectivity index (χ1) is 8.65. The van der Waals surface area contributed by atoms with Crippen molar-refractivity contribution in [1.29, 1.82) is 0 Å². The summed E-state index contributed by atoms with van der Waals surface area (Å²) in [6.07, 6.45) is 6.50. The number of carbonyl (C=O) groups is 1. The van der Waals surface area contributed by atoms with Crippen LogP contribution in [0.15, 0.2) is 0 Å². The first kappa shape index (κ1) is 17.4. The van der Waals surface area contributed by atoms with Gasteiger partial charge in [-0.05, 0) is 44.6 Å². The third kappa shape index (κ3) is 8.48. The Balaban J connectivity index is 3.72. The molecule has 4 nitrogen and oxygen atoms in total. The normalized spacial score (nSPS) is 12.4. The molecule has 0 aromatic carbocycles. The van der Waals surface area contributed by atoms with Crippen LogP contribution in [0.3, 0.4) is 0 Å². The minimum Gasteiger partial charge on any atom is -0.396 e. The van der Waals surface area contributed by atoms with Crippen molar-refractivity contribution in [1.82, 2.24) is 4.90 Å². The molecule has 1 unspecified atom stereocenters. The summed E-state index contributed by atoms with van der Waals surface area (Å²) >= 11 is 0. The van der Waals surface area contributed by atoms with E-state index in [0.717, 1.165) is 45.1 Å². The van der Waals surface area contributed by atoms with Gasteiger partial charge in [0.15, 0.2) is 0 Å². The van der Waals surface area contributed by atoms with E-state index in [-0.39, 0.29) is 12.5 Å². The van der Waals surface area contributed by atoms with Crippen LogP contribution in [0.25, 0.3) is 0 Å². The number of hydrogen-bond donors (Lipinski definition) is 2. The van der Waals surface area contributed by atoms with Crippen LogP contribution in [0.5, 0.6) is 0 Å². The maximum Gasteiger partial charge on any atom is 0.222 e. The molecule has 0 saturated heterocycles. The van der Waals surface area contributed by atoms with Crippen LogP contribution < -0.4 is 5.73 Å². The molecule has 0 fully saturated rings. The predicted molar refractivity (Wildman–Crippen MR) is 75.3 cm³/mol. The Morgan fingerprint density at radius 1 is 1.28 bits per heavy atom. The number of hydrogen-bond acceptors (Lipinski definition) is 3. The van der Waals surface area contributed by atoms with E-state index in [1.165, 1.54) is 0 Å². The number of carbonyl (C=O) groups excluding carboxylic acids is 1. The van der Waals surface area contributed by atoms with Gasteiger partial charge >= 0.3 is 0 Å². The number of unbranched alkanes of at least 4 members (excludes halogenated alkanes) is 2. The van der Waals surface area contributed by atoms with Gasteiger partial charge in [-0.3, -0.25) is 4.79 Å². The number of nitrogens with two attached hydrogens (primary N) is 1. The maximum absolute atomic E-state index is 11.9. The second kappa shape index (κ2) is 11.5. The summed E-state index contributed by atoms with van der Waals surface area (Å²) in [5.74, 6) is 0.816. The summed E-state index contributed by atoms with van der Waals surface area (Å²) < 4.78 is 0. The van der Waals surface area contributed by atoms with E-state index < -0.39 is 0 Å². The molecule has 1 amide bonds. The Bertz CT molecular complexity index is 210. The zero-order valence-corrected chi connectivity index (χ0v) is 12.0. The van der Waals surface area contributed by atoms with Gasteiger partial charge in [0.1, 0.15) is 0 Å². The lowest BCUT2D eigenvalue weighted by molar-refractivity contribution is -0.130. The molecule has 0 bridgehead atoms. The fourth-order valence-corrected chi connectivity index (χ4v) is 2.07. The topological polar surface area (TPSA) is 66.6 Å². The molecule has 0 saturated carbocycles. The molecule has 0 rings (SSSR count). The van der Waals surface area contributed by atoms with Gasteiger partial charge in [0, 0.05) is 26.6 Å². The van der Waals surface area contributed by atoms with Crippen molar-refractivity contribution in [2.75, 3.05) is 26.7 Å². The quantitative estimate of drug-likeness (QED) is 0.555. The summed E-state index contributed by atoms with van der Waals surface area (Å²) in [5, 5.41) is 8.67. The SMILES string of the molecule is CCC(CCN)CCC(=O)N(C)CCCCCO. The second-order valence-electron chi connectivity index (χ2n) is 4.99. The molecular weight excluding hydrogens is 228 g/mol. The van der Waals surface area contributed by atoms with E-state index in [1.54, 1.807) is 0 Å². The van der Waals surface area contributed by atoms with Gasteiger partial charge < -0.3 is 15.7 Å². The highest BCUT2D eigenvalue weighted by molar-refractivity contribution is 5.75. The molecule has 108 valence electrons. The van der Waals surface area contributed by atoms with Crippen LogP contribution in [-0.4, -0.2) is 42.7 Å². The van der Waals surface area contributed by atoms with Crippen LogP contribution in [0.4, 0.5) is 0 Å². The third-order valence-corrected chi connectivity index (χ3v) is 3.50. The van der Waals surface area contributed by atoms with E-state index in [0.29, 0.717) is 18.9 Å². The molecule has 4 heteroatoms. The molecule has 0 radical (unpaired) electrons. The summed E-state index contributed by atoms with van der Waals surface area (Å²) in [7, 11) is 1.87. The van der Waals surface area contributed by atoms with Crippen molar-refractivity contribution in [3.63, 3.8) is 0 Å². The molecule has 0 aliphatic carbocycles. The number of aliphatic hydroxyl groups is 1. The first-order valence-corrected chi connectivity index (χ1v) is 7.20. The highest BCUT2D eigenvalue weighted by atomic mass is 16.2. The summed E-state index contributed by atoms with van der Waals surface area (Å²) in [4.78, 5) is 13.7. The van der Waals surface area contributed by atoms with Crippen LogP contribution in [0.1, 0.15) is 51.9 Å². The van der Waals surface area contributed by atoms with E-state index >= 15 is 0 Å². The van der Waals surface area contributed by atoms with Crippen molar-refractivity contribution in [2.24, 2.45) is 11.7 Å². The van der Waals surface area contributed by atoms with E-state index in [1.807, 2.05) is 11.9 Å². The molecule has 0 aromatic heterocycles.